The van der Waals surface area contributed by atoms with Gasteiger partial charge < -0.3 is 41.1 Å². The molecule has 9 nitrogen and oxygen atoms in total. The Hall–Kier alpha value is -19.0. The minimum Gasteiger partial charge on any atom is -0.309 e. The van der Waals surface area contributed by atoms with Crippen LogP contribution in [0.2, 0.25) is 0 Å². The summed E-state index contributed by atoms with van der Waals surface area (Å²) in [7, 11) is 0. The standard InChI is InChI=1S/C132H81N9/c1-2-28-82(29-3-1)84-30-24-33-91(70-84)136-120-53-19-7-41-100(120)108-75-96(67-69-126(108)136)141-124-57-23-13-47-106(124)112-77-127-110(79-132(112)141)101-42-8-16-50-117(101)134(127)88-61-58-83(59-62-88)85-31-25-34-92(71-85)138-121-54-20-11-45-104(121)113-81-131-114(80-130(113)138)105-46-12-22-56-123(105)140(131)95-37-27-36-94(74-95)137-119-52-18-6-40-99(119)107-73-87(60-68-125(107)137)86-32-26-35-93(72-86)139-122-55-21-10-44-103(122)111-76-128-109(78-129(111)139)102-43-9-17-51-118(102)135(128)90-65-63-89(64-66-90)133-115-48-14-4-38-97(115)98-39-5-15-49-116(98)133/h1-81H. The Morgan fingerprint density at radius 1 is 0.0780 bits per heavy atom. The summed E-state index contributed by atoms with van der Waals surface area (Å²) in [5, 5.41) is 21.8. The summed E-state index contributed by atoms with van der Waals surface area (Å²) in [6.07, 6.45) is 0. The number of aromatic nitrogens is 9. The molecule has 9 heteroatoms. The van der Waals surface area contributed by atoms with Crippen molar-refractivity contribution < 1.29 is 0 Å². The predicted octanol–water partition coefficient (Wildman–Crippen LogP) is 34.6. The zero-order valence-electron chi connectivity index (χ0n) is 76.3. The van der Waals surface area contributed by atoms with Gasteiger partial charge in [0.2, 0.25) is 0 Å². The van der Waals surface area contributed by atoms with Gasteiger partial charge in [-0.05, 0) is 252 Å². The molecule has 0 radical (unpaired) electrons. The third-order valence-corrected chi connectivity index (χ3v) is 30.5. The van der Waals surface area contributed by atoms with Crippen LogP contribution >= 0.6 is 0 Å². The lowest BCUT2D eigenvalue weighted by Crippen LogP contribution is -1.98. The molecule has 0 saturated heterocycles. The fraction of sp³-hybridized carbons (Fsp3) is 0. The molecule has 22 aromatic carbocycles. The van der Waals surface area contributed by atoms with Crippen LogP contribution in [0.15, 0.2) is 491 Å². The SMILES string of the molecule is c1ccc(-c2cccc(-n3c4ccccc4c4cc(-n5c6ccccc6c6cc7c(cc65)c5ccccc5n7-c5ccc(-c6cccc(-n7c8ccccc8c8cc9c(cc87)c7ccccc7n9-c7cccc(-n8c9ccccc9c9cc(-c%10cccc(-n%11c%12ccccc%12c%12cc%13c(cc%12%11)c%11ccccc%11n%13-c%11ccc(-n%12c%13ccccc%13c%13ccccc%13%12)cc%11)c%10)ccc98)c7)c6)cc5)ccc43)c2)cc1. The number of hydrogen-bond acceptors (Lipinski definition) is 0. The average molecular weight is 1790 g/mol. The number of nitrogens with zero attached hydrogens (tertiary/aromatic N) is 9. The zero-order chi connectivity index (χ0) is 91.9. The first-order valence-electron chi connectivity index (χ1n) is 48.6. The number of rotatable bonds is 12. The molecule has 654 valence electrons. The maximum Gasteiger partial charge on any atom is 0.0548 e. The van der Waals surface area contributed by atoms with Gasteiger partial charge in [-0.15, -0.1) is 0 Å². The molecule has 0 aliphatic heterocycles. The minimum atomic E-state index is 1.09. The molecule has 0 fully saturated rings. The molecular formula is C132H81N9. The van der Waals surface area contributed by atoms with E-state index in [0.29, 0.717) is 0 Å². The quantitative estimate of drug-likeness (QED) is 0.117. The van der Waals surface area contributed by atoms with Crippen molar-refractivity contribution in [3.8, 4) is 84.6 Å². The molecular weight excluding hydrogens is 1710 g/mol. The first-order chi connectivity index (χ1) is 69.9. The van der Waals surface area contributed by atoms with Crippen LogP contribution in [0, 0.1) is 0 Å². The van der Waals surface area contributed by atoms with Gasteiger partial charge in [-0.25, -0.2) is 0 Å². The topological polar surface area (TPSA) is 44.4 Å². The smallest absolute Gasteiger partial charge is 0.0548 e. The molecule has 0 atom stereocenters. The Bertz CT molecular complexity index is 10700. The predicted molar refractivity (Wildman–Crippen MR) is 592 cm³/mol. The maximum absolute atomic E-state index is 2.49. The van der Waals surface area contributed by atoms with Crippen LogP contribution in [0.1, 0.15) is 0 Å². The van der Waals surface area contributed by atoms with Crippen LogP contribution in [0.25, 0.3) is 281 Å². The monoisotopic (exact) mass is 1790 g/mol. The molecule has 0 unspecified atom stereocenters. The van der Waals surface area contributed by atoms with Crippen LogP contribution in [0.5, 0.6) is 0 Å². The Labute approximate surface area is 807 Å². The molecule has 0 aliphatic carbocycles. The third kappa shape index (κ3) is 11.3. The summed E-state index contributed by atoms with van der Waals surface area (Å²) in [4.78, 5) is 0. The molecule has 9 heterocycles. The number of para-hydroxylation sites is 10. The van der Waals surface area contributed by atoms with Gasteiger partial charge in [0.05, 0.1) is 99.3 Å². The molecule has 0 amide bonds. The van der Waals surface area contributed by atoms with Crippen molar-refractivity contribution in [1.82, 2.24) is 41.1 Å². The van der Waals surface area contributed by atoms with Crippen molar-refractivity contribution in [3.63, 3.8) is 0 Å². The summed E-state index contributed by atoms with van der Waals surface area (Å²) >= 11 is 0. The molecule has 0 N–H and O–H groups in total. The highest BCUT2D eigenvalue weighted by atomic mass is 15.1. The first kappa shape index (κ1) is 77.3. The van der Waals surface area contributed by atoms with Gasteiger partial charge >= 0.3 is 0 Å². The van der Waals surface area contributed by atoms with Crippen LogP contribution in [-0.2, 0) is 0 Å². The van der Waals surface area contributed by atoms with Gasteiger partial charge in [-0.2, -0.15) is 0 Å². The lowest BCUT2D eigenvalue weighted by molar-refractivity contribution is 1.13. The first-order valence-corrected chi connectivity index (χ1v) is 48.6. The van der Waals surface area contributed by atoms with Crippen molar-refractivity contribution in [3.05, 3.63) is 491 Å². The van der Waals surface area contributed by atoms with Gasteiger partial charge in [0.15, 0.2) is 0 Å². The van der Waals surface area contributed by atoms with Crippen molar-refractivity contribution in [2.75, 3.05) is 0 Å². The number of hydrogen-bond donors (Lipinski definition) is 0. The maximum atomic E-state index is 2.49. The van der Waals surface area contributed by atoms with Crippen molar-refractivity contribution in [2.45, 2.75) is 0 Å². The van der Waals surface area contributed by atoms with Crippen LogP contribution in [-0.4, -0.2) is 41.1 Å². The summed E-state index contributed by atoms with van der Waals surface area (Å²) < 4.78 is 22.1. The molecule has 0 saturated carbocycles. The highest BCUT2D eigenvalue weighted by molar-refractivity contribution is 6.24. The number of fused-ring (bicyclic) bond motifs is 27. The molecule has 0 aliphatic rings. The van der Waals surface area contributed by atoms with Gasteiger partial charge in [0.25, 0.3) is 0 Å². The minimum absolute atomic E-state index is 1.09. The van der Waals surface area contributed by atoms with E-state index in [-0.39, 0.29) is 0 Å². The Balaban J connectivity index is 0.473. The van der Waals surface area contributed by atoms with Crippen molar-refractivity contribution >= 4 is 196 Å². The van der Waals surface area contributed by atoms with Crippen LogP contribution < -0.4 is 0 Å². The van der Waals surface area contributed by atoms with E-state index in [4.69, 9.17) is 0 Å². The average Bonchev–Trinajstić information content (AvgIpc) is 1.55. The van der Waals surface area contributed by atoms with E-state index in [2.05, 4.69) is 532 Å². The number of benzene rings is 22. The van der Waals surface area contributed by atoms with Crippen molar-refractivity contribution in [2.24, 2.45) is 0 Å². The van der Waals surface area contributed by atoms with E-state index in [1.54, 1.807) is 0 Å². The fourth-order valence-corrected chi connectivity index (χ4v) is 24.4. The van der Waals surface area contributed by atoms with Crippen LogP contribution in [0.4, 0.5) is 0 Å². The zero-order valence-corrected chi connectivity index (χ0v) is 76.3. The molecule has 141 heavy (non-hydrogen) atoms. The normalized spacial score (nSPS) is 12.3. The summed E-state index contributed by atoms with van der Waals surface area (Å²) in [5.74, 6) is 0. The molecule has 31 rings (SSSR count). The third-order valence-electron chi connectivity index (χ3n) is 30.5. The second kappa shape index (κ2) is 29.8. The largest absolute Gasteiger partial charge is 0.309 e. The lowest BCUT2D eigenvalue weighted by atomic mass is 10.0. The van der Waals surface area contributed by atoms with E-state index in [9.17, 15) is 0 Å². The second-order valence-electron chi connectivity index (χ2n) is 37.9. The fourth-order valence-electron chi connectivity index (χ4n) is 24.4. The molecule has 9 aromatic heterocycles. The van der Waals surface area contributed by atoms with E-state index in [0.717, 1.165) is 107 Å². The summed E-state index contributed by atoms with van der Waals surface area (Å²) in [5.41, 5.74) is 38.0. The van der Waals surface area contributed by atoms with Gasteiger partial charge in [0, 0.05) is 148 Å². The Kier molecular flexibility index (Phi) is 16.3. The van der Waals surface area contributed by atoms with Crippen molar-refractivity contribution in [1.29, 1.82) is 0 Å². The van der Waals surface area contributed by atoms with Gasteiger partial charge in [-0.1, -0.05) is 273 Å². The summed E-state index contributed by atoms with van der Waals surface area (Å²) in [6, 6.07) is 183. The highest BCUT2D eigenvalue weighted by Crippen LogP contribution is 2.49. The van der Waals surface area contributed by atoms with E-state index < -0.39 is 0 Å². The second-order valence-corrected chi connectivity index (χ2v) is 37.9. The summed E-state index contributed by atoms with van der Waals surface area (Å²) in [6.45, 7) is 0. The molecule has 0 spiro atoms. The van der Waals surface area contributed by atoms with E-state index in [1.807, 2.05) is 0 Å². The lowest BCUT2D eigenvalue weighted by Gasteiger charge is -2.13. The van der Waals surface area contributed by atoms with E-state index in [1.165, 1.54) is 174 Å². The van der Waals surface area contributed by atoms with E-state index >= 15 is 0 Å². The molecule has 31 aromatic rings. The molecule has 0 bridgehead atoms. The highest BCUT2D eigenvalue weighted by Gasteiger charge is 2.27. The van der Waals surface area contributed by atoms with Gasteiger partial charge in [-0.3, -0.25) is 0 Å². The Morgan fingerprint density at radius 3 is 0.560 bits per heavy atom. The van der Waals surface area contributed by atoms with Gasteiger partial charge in [0.1, 0.15) is 0 Å². The van der Waals surface area contributed by atoms with Crippen LogP contribution in [0.3, 0.4) is 0 Å². The Morgan fingerprint density at radius 2 is 0.248 bits per heavy atom.